The average molecular weight is 248 g/mol. The monoisotopic (exact) mass is 248 g/mol. The van der Waals surface area contributed by atoms with Gasteiger partial charge in [-0.3, -0.25) is 0 Å². The van der Waals surface area contributed by atoms with E-state index >= 15 is 0 Å². The van der Waals surface area contributed by atoms with Crippen molar-refractivity contribution in [2.75, 3.05) is 0 Å². The third-order valence-electron chi connectivity index (χ3n) is 2.53. The summed E-state index contributed by atoms with van der Waals surface area (Å²) in [5.74, 6) is 0. The number of hydrogen-bond donors (Lipinski definition) is 0. The summed E-state index contributed by atoms with van der Waals surface area (Å²) in [5.41, 5.74) is 0.736. The number of benzene rings is 1. The molecule has 17 heavy (non-hydrogen) atoms. The molecule has 0 saturated heterocycles. The maximum absolute atomic E-state index is 12.2. The molecule has 4 nitrogen and oxygen atoms in total. The Morgan fingerprint density at radius 1 is 1.00 bits per heavy atom. The minimum absolute atomic E-state index is 0.128. The van der Waals surface area contributed by atoms with E-state index < -0.39 is 15.1 Å². The lowest BCUT2D eigenvalue weighted by Gasteiger charge is -2.11. The number of nitrogens with zero attached hydrogens (tertiary/aromatic N) is 2. The summed E-state index contributed by atoms with van der Waals surface area (Å²) < 4.78 is 24.4. The minimum Gasteiger partial charge on any atom is -0.227 e. The molecule has 1 aromatic carbocycles. The highest BCUT2D eigenvalue weighted by molar-refractivity contribution is 7.91. The Bertz CT molecular complexity index is 582. The highest BCUT2D eigenvalue weighted by atomic mass is 32.2. The second-order valence-electron chi connectivity index (χ2n) is 3.63. The third kappa shape index (κ3) is 2.34. The molecule has 1 heterocycles. The molecular weight excluding hydrogens is 236 g/mol. The molecule has 5 heteroatoms. The Hall–Kier alpha value is -1.75. The van der Waals surface area contributed by atoms with Crippen LogP contribution in [0.25, 0.3) is 0 Å². The summed E-state index contributed by atoms with van der Waals surface area (Å²) in [6, 6.07) is 10.6. The van der Waals surface area contributed by atoms with Gasteiger partial charge in [0.15, 0.2) is 0 Å². The Morgan fingerprint density at radius 2 is 1.59 bits per heavy atom. The Balaban J connectivity index is 2.41. The minimum atomic E-state index is -3.51. The van der Waals surface area contributed by atoms with E-state index in [-0.39, 0.29) is 5.16 Å². The zero-order valence-corrected chi connectivity index (χ0v) is 10.1. The normalized spacial score (nSPS) is 13.2. The maximum atomic E-state index is 12.2. The van der Waals surface area contributed by atoms with Crippen molar-refractivity contribution in [2.45, 2.75) is 17.3 Å². The molecule has 1 atom stereocenters. The first-order valence-electron chi connectivity index (χ1n) is 5.18. The lowest BCUT2D eigenvalue weighted by atomic mass is 10.2. The smallest absolute Gasteiger partial charge is 0.227 e. The van der Waals surface area contributed by atoms with Crippen LogP contribution in [0, 0.1) is 0 Å². The van der Waals surface area contributed by atoms with Crippen LogP contribution in [-0.4, -0.2) is 18.4 Å². The fraction of sp³-hybridized carbons (Fsp3) is 0.167. The van der Waals surface area contributed by atoms with Gasteiger partial charge in [-0.05, 0) is 18.6 Å². The lowest BCUT2D eigenvalue weighted by molar-refractivity contribution is 0.576. The van der Waals surface area contributed by atoms with Gasteiger partial charge in [-0.25, -0.2) is 18.4 Å². The molecule has 0 fully saturated rings. The zero-order valence-electron chi connectivity index (χ0n) is 9.32. The average Bonchev–Trinajstić information content (AvgIpc) is 2.40. The van der Waals surface area contributed by atoms with Crippen LogP contribution in [0.5, 0.6) is 0 Å². The second kappa shape index (κ2) is 4.63. The Morgan fingerprint density at radius 3 is 2.18 bits per heavy atom. The Kier molecular flexibility index (Phi) is 3.19. The number of aromatic nitrogens is 2. The molecular formula is C12H12N2O2S. The quantitative estimate of drug-likeness (QED) is 0.780. The summed E-state index contributed by atoms with van der Waals surface area (Å²) in [6.45, 7) is 1.64. The van der Waals surface area contributed by atoms with Crippen molar-refractivity contribution in [1.29, 1.82) is 0 Å². The molecule has 0 bridgehead atoms. The maximum Gasteiger partial charge on any atom is 0.247 e. The van der Waals surface area contributed by atoms with Crippen LogP contribution in [0.15, 0.2) is 53.9 Å². The molecule has 0 unspecified atom stereocenters. The molecule has 2 aromatic rings. The van der Waals surface area contributed by atoms with E-state index in [2.05, 4.69) is 9.97 Å². The van der Waals surface area contributed by atoms with Gasteiger partial charge in [-0.15, -0.1) is 0 Å². The van der Waals surface area contributed by atoms with Crippen LogP contribution >= 0.6 is 0 Å². The van der Waals surface area contributed by atoms with Crippen LogP contribution in [0.2, 0.25) is 0 Å². The summed E-state index contributed by atoms with van der Waals surface area (Å²) in [4.78, 5) is 7.60. The second-order valence-corrected chi connectivity index (χ2v) is 5.79. The molecule has 0 radical (unpaired) electrons. The Labute approximate surface area is 100 Å². The molecule has 0 aliphatic carbocycles. The first kappa shape index (κ1) is 11.7. The van der Waals surface area contributed by atoms with Crippen molar-refractivity contribution >= 4 is 9.84 Å². The van der Waals surface area contributed by atoms with E-state index in [0.29, 0.717) is 0 Å². The number of hydrogen-bond acceptors (Lipinski definition) is 4. The fourth-order valence-electron chi connectivity index (χ4n) is 1.49. The van der Waals surface area contributed by atoms with Gasteiger partial charge in [0.1, 0.15) is 0 Å². The first-order chi connectivity index (χ1) is 8.12. The van der Waals surface area contributed by atoms with Crippen LogP contribution in [0.3, 0.4) is 0 Å². The number of sulfone groups is 1. The lowest BCUT2D eigenvalue weighted by Crippen LogP contribution is -2.13. The van der Waals surface area contributed by atoms with E-state index in [9.17, 15) is 8.42 Å². The van der Waals surface area contributed by atoms with Gasteiger partial charge >= 0.3 is 0 Å². The van der Waals surface area contributed by atoms with Gasteiger partial charge in [0.05, 0.1) is 5.25 Å². The van der Waals surface area contributed by atoms with Crippen molar-refractivity contribution < 1.29 is 8.42 Å². The summed E-state index contributed by atoms with van der Waals surface area (Å²) in [7, 11) is -3.51. The van der Waals surface area contributed by atoms with Gasteiger partial charge in [0, 0.05) is 12.4 Å². The largest absolute Gasteiger partial charge is 0.247 e. The highest BCUT2D eigenvalue weighted by Gasteiger charge is 2.26. The van der Waals surface area contributed by atoms with Gasteiger partial charge in [0.2, 0.25) is 15.0 Å². The van der Waals surface area contributed by atoms with Gasteiger partial charge in [-0.1, -0.05) is 30.3 Å². The van der Waals surface area contributed by atoms with Gasteiger partial charge < -0.3 is 0 Å². The highest BCUT2D eigenvalue weighted by Crippen LogP contribution is 2.25. The third-order valence-corrected chi connectivity index (χ3v) is 4.45. The predicted octanol–water partition coefficient (Wildman–Crippen LogP) is 2.01. The predicted molar refractivity (Wildman–Crippen MR) is 64.1 cm³/mol. The molecule has 0 amide bonds. The van der Waals surface area contributed by atoms with Crippen LogP contribution in [0.1, 0.15) is 17.7 Å². The van der Waals surface area contributed by atoms with Crippen molar-refractivity contribution in [3.05, 3.63) is 54.4 Å². The summed E-state index contributed by atoms with van der Waals surface area (Å²) in [5, 5.41) is -0.776. The van der Waals surface area contributed by atoms with Crippen molar-refractivity contribution in [1.82, 2.24) is 9.97 Å². The molecule has 0 N–H and O–H groups in total. The van der Waals surface area contributed by atoms with Gasteiger partial charge in [0.25, 0.3) is 0 Å². The van der Waals surface area contributed by atoms with E-state index in [0.717, 1.165) is 5.56 Å². The van der Waals surface area contributed by atoms with E-state index in [1.54, 1.807) is 25.1 Å². The zero-order chi connectivity index (χ0) is 12.3. The SMILES string of the molecule is C[C@H](c1ccccc1)S(=O)(=O)c1ncccn1. The van der Waals surface area contributed by atoms with Gasteiger partial charge in [-0.2, -0.15) is 0 Å². The van der Waals surface area contributed by atoms with Crippen LogP contribution in [0.4, 0.5) is 0 Å². The van der Waals surface area contributed by atoms with Crippen LogP contribution in [-0.2, 0) is 9.84 Å². The molecule has 0 aliphatic heterocycles. The summed E-state index contributed by atoms with van der Waals surface area (Å²) >= 11 is 0. The fourth-order valence-corrected chi connectivity index (χ4v) is 2.74. The molecule has 1 aromatic heterocycles. The molecule has 0 saturated carbocycles. The van der Waals surface area contributed by atoms with Crippen molar-refractivity contribution in [2.24, 2.45) is 0 Å². The number of rotatable bonds is 3. The topological polar surface area (TPSA) is 59.9 Å². The van der Waals surface area contributed by atoms with Crippen LogP contribution < -0.4 is 0 Å². The summed E-state index contributed by atoms with van der Waals surface area (Å²) in [6.07, 6.45) is 2.86. The molecule has 2 rings (SSSR count). The molecule has 0 spiro atoms. The molecule has 88 valence electrons. The van der Waals surface area contributed by atoms with E-state index in [1.807, 2.05) is 18.2 Å². The van der Waals surface area contributed by atoms with Crippen molar-refractivity contribution in [3.63, 3.8) is 0 Å². The van der Waals surface area contributed by atoms with E-state index in [4.69, 9.17) is 0 Å². The standard InChI is InChI=1S/C12H12N2O2S/c1-10(11-6-3-2-4-7-11)17(15,16)12-13-8-5-9-14-12/h2-10H,1H3/t10-/m1/s1. The molecule has 0 aliphatic rings. The first-order valence-corrected chi connectivity index (χ1v) is 6.73. The van der Waals surface area contributed by atoms with E-state index in [1.165, 1.54) is 12.4 Å². The van der Waals surface area contributed by atoms with Crippen molar-refractivity contribution in [3.8, 4) is 0 Å².